The number of benzene rings is 2. The monoisotopic (exact) mass is 473 g/mol. The molecule has 0 bridgehead atoms. The number of amides is 1. The summed E-state index contributed by atoms with van der Waals surface area (Å²) in [6.07, 6.45) is -4.42. The molecule has 0 unspecified atom stereocenters. The molecule has 0 fully saturated rings. The van der Waals surface area contributed by atoms with Gasteiger partial charge in [0.15, 0.2) is 11.5 Å². The summed E-state index contributed by atoms with van der Waals surface area (Å²) in [7, 11) is 4.25. The molecule has 1 amide bonds. The molecule has 32 heavy (non-hydrogen) atoms. The molecule has 0 heterocycles. The maximum atomic E-state index is 12.7. The highest BCUT2D eigenvalue weighted by atomic mass is 32.2. The average molecular weight is 473 g/mol. The molecule has 1 N–H and O–H groups in total. The van der Waals surface area contributed by atoms with E-state index < -0.39 is 23.6 Å². The minimum absolute atomic E-state index is 0.0280. The molecule has 0 radical (unpaired) electrons. The molecule has 2 aromatic carbocycles. The van der Waals surface area contributed by atoms with Gasteiger partial charge in [0, 0.05) is 16.2 Å². The van der Waals surface area contributed by atoms with Crippen LogP contribution in [0.3, 0.4) is 0 Å². The zero-order valence-corrected chi connectivity index (χ0v) is 18.4. The van der Waals surface area contributed by atoms with Crippen molar-refractivity contribution in [3.8, 4) is 17.2 Å². The SMILES string of the molecule is COc1cc(C(=O)NCC(=O)OCCSc2cccc(C(F)(F)F)c2)cc(OC)c1OC. The number of nitrogens with one attached hydrogen (secondary N) is 1. The number of ether oxygens (including phenoxy) is 4. The van der Waals surface area contributed by atoms with Crippen LogP contribution in [0.2, 0.25) is 0 Å². The summed E-state index contributed by atoms with van der Waals surface area (Å²) in [6.45, 7) is -0.413. The van der Waals surface area contributed by atoms with E-state index in [0.717, 1.165) is 23.9 Å². The van der Waals surface area contributed by atoms with Crippen LogP contribution in [0.5, 0.6) is 17.2 Å². The molecule has 0 spiro atoms. The number of esters is 1. The number of halogens is 3. The fourth-order valence-corrected chi connectivity index (χ4v) is 3.38. The Morgan fingerprint density at radius 2 is 1.66 bits per heavy atom. The Labute approximate surface area is 187 Å². The van der Waals surface area contributed by atoms with E-state index in [4.69, 9.17) is 18.9 Å². The summed E-state index contributed by atoms with van der Waals surface area (Å²) < 4.78 is 58.7. The fraction of sp³-hybridized carbons (Fsp3) is 0.333. The lowest BCUT2D eigenvalue weighted by Crippen LogP contribution is -2.31. The normalized spacial score (nSPS) is 10.9. The maximum absolute atomic E-state index is 12.7. The van der Waals surface area contributed by atoms with Crippen molar-refractivity contribution in [1.29, 1.82) is 0 Å². The minimum atomic E-state index is -4.42. The highest BCUT2D eigenvalue weighted by Crippen LogP contribution is 2.38. The summed E-state index contributed by atoms with van der Waals surface area (Å²) in [4.78, 5) is 24.6. The molecule has 0 saturated carbocycles. The second-order valence-electron chi connectivity index (χ2n) is 6.19. The van der Waals surface area contributed by atoms with Crippen molar-refractivity contribution in [1.82, 2.24) is 5.32 Å². The van der Waals surface area contributed by atoms with Crippen LogP contribution in [0, 0.1) is 0 Å². The van der Waals surface area contributed by atoms with Crippen LogP contribution >= 0.6 is 11.8 Å². The summed E-state index contributed by atoms with van der Waals surface area (Å²) in [5, 5.41) is 2.42. The van der Waals surface area contributed by atoms with Crippen LogP contribution in [0.1, 0.15) is 15.9 Å². The molecule has 7 nitrogen and oxygen atoms in total. The number of carbonyl (C=O) groups is 2. The van der Waals surface area contributed by atoms with E-state index in [1.165, 1.54) is 39.5 Å². The van der Waals surface area contributed by atoms with E-state index >= 15 is 0 Å². The number of thioether (sulfide) groups is 1. The third-order valence-corrected chi connectivity index (χ3v) is 5.05. The molecule has 0 aromatic heterocycles. The predicted octanol–water partition coefficient (Wildman–Crippen LogP) is 3.80. The van der Waals surface area contributed by atoms with E-state index in [2.05, 4.69) is 5.32 Å². The van der Waals surface area contributed by atoms with Gasteiger partial charge >= 0.3 is 12.1 Å². The van der Waals surface area contributed by atoms with Gasteiger partial charge in [-0.1, -0.05) is 6.07 Å². The smallest absolute Gasteiger partial charge is 0.416 e. The number of rotatable bonds is 10. The maximum Gasteiger partial charge on any atom is 0.416 e. The summed E-state index contributed by atoms with van der Waals surface area (Å²) in [6, 6.07) is 7.75. The van der Waals surface area contributed by atoms with Crippen molar-refractivity contribution >= 4 is 23.6 Å². The van der Waals surface area contributed by atoms with Crippen LogP contribution in [0.15, 0.2) is 41.3 Å². The third kappa shape index (κ3) is 6.98. The zero-order valence-electron chi connectivity index (χ0n) is 17.6. The molecule has 0 aliphatic carbocycles. The Morgan fingerprint density at radius 3 is 2.22 bits per heavy atom. The van der Waals surface area contributed by atoms with Gasteiger partial charge in [-0.05, 0) is 30.3 Å². The first kappa shape index (κ1) is 25.2. The quantitative estimate of drug-likeness (QED) is 0.319. The highest BCUT2D eigenvalue weighted by Gasteiger charge is 2.30. The standard InChI is InChI=1S/C21H22F3NO6S/c1-28-16-9-13(10-17(29-2)19(16)30-3)20(27)25-12-18(26)31-7-8-32-15-6-4-5-14(11-15)21(22,23)24/h4-6,9-11H,7-8,12H2,1-3H3,(H,25,27). The fourth-order valence-electron chi connectivity index (χ4n) is 2.59. The lowest BCUT2D eigenvalue weighted by atomic mass is 10.1. The Morgan fingerprint density at radius 1 is 1.00 bits per heavy atom. The molecule has 174 valence electrons. The molecule has 2 rings (SSSR count). The van der Waals surface area contributed by atoms with Gasteiger partial charge in [0.1, 0.15) is 13.2 Å². The zero-order chi connectivity index (χ0) is 23.7. The van der Waals surface area contributed by atoms with Crippen LogP contribution < -0.4 is 19.5 Å². The molecule has 0 aliphatic heterocycles. The average Bonchev–Trinajstić information content (AvgIpc) is 2.78. The number of alkyl halides is 3. The van der Waals surface area contributed by atoms with Gasteiger partial charge in [-0.3, -0.25) is 9.59 Å². The first-order chi connectivity index (χ1) is 15.2. The number of hydrogen-bond acceptors (Lipinski definition) is 7. The summed E-state index contributed by atoms with van der Waals surface area (Å²) in [5.74, 6) is -0.0926. The van der Waals surface area contributed by atoms with E-state index in [-0.39, 0.29) is 36.0 Å². The number of hydrogen-bond donors (Lipinski definition) is 1. The summed E-state index contributed by atoms with van der Waals surface area (Å²) >= 11 is 1.12. The van der Waals surface area contributed by atoms with Crippen molar-refractivity contribution in [3.63, 3.8) is 0 Å². The van der Waals surface area contributed by atoms with Crippen molar-refractivity contribution in [2.75, 3.05) is 40.2 Å². The van der Waals surface area contributed by atoms with Crippen LogP contribution in [0.25, 0.3) is 0 Å². The highest BCUT2D eigenvalue weighted by molar-refractivity contribution is 7.99. The van der Waals surface area contributed by atoms with E-state index in [1.807, 2.05) is 0 Å². The molecule has 11 heteroatoms. The van der Waals surface area contributed by atoms with Crippen LogP contribution in [-0.4, -0.2) is 52.1 Å². The third-order valence-electron chi connectivity index (χ3n) is 4.10. The summed E-state index contributed by atoms with van der Waals surface area (Å²) in [5.41, 5.74) is -0.554. The second-order valence-corrected chi connectivity index (χ2v) is 7.36. The molecule has 0 atom stereocenters. The van der Waals surface area contributed by atoms with Gasteiger partial charge in [0.2, 0.25) is 5.75 Å². The Bertz CT molecular complexity index is 926. The predicted molar refractivity (Wildman–Crippen MR) is 112 cm³/mol. The van der Waals surface area contributed by atoms with Crippen molar-refractivity contribution in [3.05, 3.63) is 47.5 Å². The van der Waals surface area contributed by atoms with Gasteiger partial charge in [-0.15, -0.1) is 11.8 Å². The van der Waals surface area contributed by atoms with Gasteiger partial charge < -0.3 is 24.3 Å². The molecular formula is C21H22F3NO6S. The largest absolute Gasteiger partial charge is 0.493 e. The van der Waals surface area contributed by atoms with Gasteiger partial charge in [0.25, 0.3) is 5.91 Å². The molecule has 0 aliphatic rings. The second kappa shape index (κ2) is 11.5. The van der Waals surface area contributed by atoms with Crippen molar-refractivity contribution in [2.24, 2.45) is 0 Å². The van der Waals surface area contributed by atoms with E-state index in [1.54, 1.807) is 6.07 Å². The number of carbonyl (C=O) groups excluding carboxylic acids is 2. The van der Waals surface area contributed by atoms with E-state index in [0.29, 0.717) is 10.6 Å². The van der Waals surface area contributed by atoms with E-state index in [9.17, 15) is 22.8 Å². The molecule has 0 saturated heterocycles. The topological polar surface area (TPSA) is 83.1 Å². The first-order valence-electron chi connectivity index (χ1n) is 9.23. The first-order valence-corrected chi connectivity index (χ1v) is 10.2. The van der Waals surface area contributed by atoms with Crippen molar-refractivity contribution < 1.29 is 41.7 Å². The lowest BCUT2D eigenvalue weighted by Gasteiger charge is -2.14. The van der Waals surface area contributed by atoms with Crippen LogP contribution in [0.4, 0.5) is 13.2 Å². The Kier molecular flexibility index (Phi) is 9.06. The van der Waals surface area contributed by atoms with Crippen LogP contribution in [-0.2, 0) is 15.7 Å². The lowest BCUT2D eigenvalue weighted by molar-refractivity contribution is -0.141. The molecule has 2 aromatic rings. The Hall–Kier alpha value is -3.08. The molecular weight excluding hydrogens is 451 g/mol. The van der Waals surface area contributed by atoms with Gasteiger partial charge in [0.05, 0.1) is 26.9 Å². The number of methoxy groups -OCH3 is 3. The van der Waals surface area contributed by atoms with Gasteiger partial charge in [-0.2, -0.15) is 13.2 Å². The Balaban J connectivity index is 1.82. The minimum Gasteiger partial charge on any atom is -0.493 e. The van der Waals surface area contributed by atoms with Gasteiger partial charge in [-0.25, -0.2) is 0 Å². The van der Waals surface area contributed by atoms with Crippen molar-refractivity contribution in [2.45, 2.75) is 11.1 Å².